The maximum absolute atomic E-state index is 13.0. The number of anilines is 1. The lowest BCUT2D eigenvalue weighted by Crippen LogP contribution is -2.50. The smallest absolute Gasteiger partial charge is 0.262 e. The van der Waals surface area contributed by atoms with Crippen molar-refractivity contribution in [1.82, 2.24) is 9.21 Å². The van der Waals surface area contributed by atoms with Gasteiger partial charge in [0.05, 0.1) is 10.7 Å². The topological polar surface area (TPSA) is 96.0 Å². The molecule has 148 valence electrons. The molecule has 0 aliphatic carbocycles. The van der Waals surface area contributed by atoms with Gasteiger partial charge < -0.3 is 15.0 Å². The van der Waals surface area contributed by atoms with Crippen molar-refractivity contribution in [2.45, 2.75) is 31.1 Å². The van der Waals surface area contributed by atoms with E-state index in [0.717, 1.165) is 12.8 Å². The first-order valence-electron chi connectivity index (χ1n) is 8.87. The van der Waals surface area contributed by atoms with Crippen LogP contribution in [-0.2, 0) is 19.6 Å². The maximum atomic E-state index is 13.0. The second-order valence-electron chi connectivity index (χ2n) is 6.50. The van der Waals surface area contributed by atoms with Crippen LogP contribution in [0.4, 0.5) is 5.69 Å². The highest BCUT2D eigenvalue weighted by Gasteiger charge is 2.33. The van der Waals surface area contributed by atoms with E-state index in [9.17, 15) is 18.0 Å². The van der Waals surface area contributed by atoms with Crippen molar-refractivity contribution < 1.29 is 22.7 Å². The van der Waals surface area contributed by atoms with Gasteiger partial charge in [-0.1, -0.05) is 24.9 Å². The molecule has 2 aliphatic rings. The first kappa shape index (κ1) is 19.9. The summed E-state index contributed by atoms with van der Waals surface area (Å²) in [6, 6.07) is 2.72. The Hall–Kier alpha value is -1.84. The third-order valence-electron chi connectivity index (χ3n) is 4.62. The van der Waals surface area contributed by atoms with Crippen LogP contribution >= 0.6 is 11.6 Å². The van der Waals surface area contributed by atoms with Crippen molar-refractivity contribution in [3.63, 3.8) is 0 Å². The van der Waals surface area contributed by atoms with Crippen LogP contribution in [0.15, 0.2) is 17.0 Å². The largest absolute Gasteiger partial charge is 0.482 e. The minimum atomic E-state index is -3.84. The summed E-state index contributed by atoms with van der Waals surface area (Å²) in [6.45, 7) is 2.99. The highest BCUT2D eigenvalue weighted by Crippen LogP contribution is 2.36. The summed E-state index contributed by atoms with van der Waals surface area (Å²) in [4.78, 5) is 25.1. The second-order valence-corrected chi connectivity index (χ2v) is 8.82. The van der Waals surface area contributed by atoms with E-state index < -0.39 is 10.0 Å². The van der Waals surface area contributed by atoms with Crippen molar-refractivity contribution in [3.8, 4) is 5.75 Å². The number of fused-ring (bicyclic) bond motifs is 1. The molecule has 1 saturated heterocycles. The van der Waals surface area contributed by atoms with E-state index in [0.29, 0.717) is 25.2 Å². The van der Waals surface area contributed by atoms with Gasteiger partial charge in [0, 0.05) is 38.7 Å². The normalized spacial score (nSPS) is 17.9. The molecule has 0 saturated carbocycles. The number of carbonyl (C=O) groups excluding carboxylic acids is 2. The van der Waals surface area contributed by atoms with Crippen molar-refractivity contribution in [1.29, 1.82) is 0 Å². The molecule has 27 heavy (non-hydrogen) atoms. The number of amides is 2. The van der Waals surface area contributed by atoms with Gasteiger partial charge in [0.15, 0.2) is 6.61 Å². The molecule has 2 aliphatic heterocycles. The summed E-state index contributed by atoms with van der Waals surface area (Å²) < 4.78 is 32.6. The van der Waals surface area contributed by atoms with Crippen LogP contribution in [0.2, 0.25) is 5.02 Å². The van der Waals surface area contributed by atoms with E-state index in [2.05, 4.69) is 5.32 Å². The number of unbranched alkanes of at least 4 members (excludes halogenated alkanes) is 1. The summed E-state index contributed by atoms with van der Waals surface area (Å²) >= 11 is 6.17. The van der Waals surface area contributed by atoms with Gasteiger partial charge in [0.2, 0.25) is 15.9 Å². The molecule has 1 N–H and O–H groups in total. The third-order valence-corrected chi connectivity index (χ3v) is 6.98. The molecule has 1 aromatic carbocycles. The number of sulfonamides is 1. The lowest BCUT2D eigenvalue weighted by molar-refractivity contribution is -0.132. The molecule has 0 aromatic heterocycles. The summed E-state index contributed by atoms with van der Waals surface area (Å²) in [5.74, 6) is 0.00819. The Bertz CT molecular complexity index is 850. The molecule has 0 bridgehead atoms. The molecule has 1 fully saturated rings. The van der Waals surface area contributed by atoms with Crippen molar-refractivity contribution in [3.05, 3.63) is 17.2 Å². The van der Waals surface area contributed by atoms with Gasteiger partial charge in [-0.05, 0) is 12.5 Å². The number of ether oxygens (including phenoxy) is 1. The number of piperazine rings is 1. The number of rotatable bonds is 5. The molecule has 3 rings (SSSR count). The number of nitrogens with zero attached hydrogens (tertiary/aromatic N) is 2. The van der Waals surface area contributed by atoms with Crippen LogP contribution in [0.3, 0.4) is 0 Å². The fraction of sp³-hybridized carbons (Fsp3) is 0.529. The van der Waals surface area contributed by atoms with Gasteiger partial charge in [-0.25, -0.2) is 8.42 Å². The minimum Gasteiger partial charge on any atom is -0.482 e. The Morgan fingerprint density at radius 3 is 2.63 bits per heavy atom. The maximum Gasteiger partial charge on any atom is 0.262 e. The van der Waals surface area contributed by atoms with Gasteiger partial charge in [0.25, 0.3) is 5.91 Å². The Balaban J connectivity index is 1.74. The molecule has 0 radical (unpaired) electrons. The summed E-state index contributed by atoms with van der Waals surface area (Å²) in [6.07, 6.45) is 2.26. The molecule has 0 atom stereocenters. The molecular formula is C17H22ClN3O5S. The van der Waals surface area contributed by atoms with Crippen LogP contribution in [0.5, 0.6) is 5.75 Å². The summed E-state index contributed by atoms with van der Waals surface area (Å²) in [5, 5.41) is 2.61. The fourth-order valence-electron chi connectivity index (χ4n) is 3.08. The van der Waals surface area contributed by atoms with Crippen molar-refractivity contribution in [2.75, 3.05) is 38.1 Å². The molecule has 0 spiro atoms. The van der Waals surface area contributed by atoms with E-state index in [-0.39, 0.29) is 47.2 Å². The highest BCUT2D eigenvalue weighted by molar-refractivity contribution is 7.89. The number of benzene rings is 1. The zero-order valence-electron chi connectivity index (χ0n) is 15.0. The van der Waals surface area contributed by atoms with Crippen LogP contribution in [0.1, 0.15) is 26.2 Å². The van der Waals surface area contributed by atoms with Gasteiger partial charge >= 0.3 is 0 Å². The second kappa shape index (κ2) is 8.04. The van der Waals surface area contributed by atoms with Crippen LogP contribution in [-0.4, -0.2) is 62.2 Å². The molecule has 1 aromatic rings. The van der Waals surface area contributed by atoms with E-state index in [4.69, 9.17) is 16.3 Å². The summed E-state index contributed by atoms with van der Waals surface area (Å²) in [5.41, 5.74) is 0.349. The van der Waals surface area contributed by atoms with Gasteiger partial charge in [0.1, 0.15) is 10.6 Å². The van der Waals surface area contributed by atoms with Crippen LogP contribution < -0.4 is 10.1 Å². The van der Waals surface area contributed by atoms with Gasteiger partial charge in [-0.3, -0.25) is 9.59 Å². The Morgan fingerprint density at radius 1 is 1.26 bits per heavy atom. The lowest BCUT2D eigenvalue weighted by Gasteiger charge is -2.34. The number of halogens is 1. The monoisotopic (exact) mass is 415 g/mol. The minimum absolute atomic E-state index is 0.0148. The van der Waals surface area contributed by atoms with Crippen molar-refractivity contribution >= 4 is 39.1 Å². The molecule has 2 heterocycles. The number of nitrogens with one attached hydrogen (secondary N) is 1. The summed E-state index contributed by atoms with van der Waals surface area (Å²) in [7, 11) is -3.84. The molecule has 8 nitrogen and oxygen atoms in total. The molecular weight excluding hydrogens is 394 g/mol. The van der Waals surface area contributed by atoms with Crippen molar-refractivity contribution in [2.24, 2.45) is 0 Å². The zero-order chi connectivity index (χ0) is 19.6. The Kier molecular flexibility index (Phi) is 5.92. The SMILES string of the molecule is CCCCC(=O)N1CCN(S(=O)(=O)c2cc3c(cc2Cl)NC(=O)CO3)CC1. The number of carbonyl (C=O) groups is 2. The average molecular weight is 416 g/mol. The van der Waals surface area contributed by atoms with Crippen LogP contribution in [0, 0.1) is 0 Å². The average Bonchev–Trinajstić information content (AvgIpc) is 2.65. The molecule has 2 amide bonds. The van der Waals surface area contributed by atoms with Gasteiger partial charge in [-0.2, -0.15) is 4.31 Å². The standard InChI is InChI=1S/C17H22ClN3O5S/c1-2-3-4-17(23)20-5-7-21(8-6-20)27(24,25)15-10-14-13(9-12(15)18)19-16(22)11-26-14/h9-10H,2-8,11H2,1H3,(H,19,22). The third kappa shape index (κ3) is 4.20. The zero-order valence-corrected chi connectivity index (χ0v) is 16.6. The van der Waals surface area contributed by atoms with E-state index >= 15 is 0 Å². The fourth-order valence-corrected chi connectivity index (χ4v) is 5.02. The Morgan fingerprint density at radius 2 is 1.96 bits per heavy atom. The Labute approximate surface area is 163 Å². The highest BCUT2D eigenvalue weighted by atomic mass is 35.5. The number of hydrogen-bond acceptors (Lipinski definition) is 5. The predicted octanol–water partition coefficient (Wildman–Crippen LogP) is 1.69. The first-order chi connectivity index (χ1) is 12.8. The molecule has 10 heteroatoms. The van der Waals surface area contributed by atoms with E-state index in [1.165, 1.54) is 16.4 Å². The number of hydrogen-bond donors (Lipinski definition) is 1. The van der Waals surface area contributed by atoms with Crippen LogP contribution in [0.25, 0.3) is 0 Å². The van der Waals surface area contributed by atoms with E-state index in [1.54, 1.807) is 4.90 Å². The van der Waals surface area contributed by atoms with Gasteiger partial charge in [-0.15, -0.1) is 0 Å². The van der Waals surface area contributed by atoms with E-state index in [1.807, 2.05) is 6.92 Å². The lowest BCUT2D eigenvalue weighted by atomic mass is 10.2. The predicted molar refractivity (Wildman–Crippen MR) is 100 cm³/mol. The molecule has 0 unspecified atom stereocenters. The quantitative estimate of drug-likeness (QED) is 0.789. The first-order valence-corrected chi connectivity index (χ1v) is 10.7.